The topological polar surface area (TPSA) is 87.1 Å². The van der Waals surface area contributed by atoms with Crippen LogP contribution in [-0.4, -0.2) is 51.7 Å². The van der Waals surface area contributed by atoms with Gasteiger partial charge in [0.15, 0.2) is 17.2 Å². The Morgan fingerprint density at radius 1 is 1.35 bits per heavy atom. The van der Waals surface area contributed by atoms with E-state index < -0.39 is 23.7 Å². The molecule has 0 spiro atoms. The smallest absolute Gasteiger partial charge is 0.192 e. The highest BCUT2D eigenvalue weighted by Gasteiger charge is 2.75. The Morgan fingerprint density at radius 2 is 2.18 bits per heavy atom. The number of carbonyl (C=O) groups excluding carboxylic acids is 2. The Hall–Kier alpha value is -1.64. The quantitative estimate of drug-likeness (QED) is 0.683. The van der Waals surface area contributed by atoms with Crippen LogP contribution in [0.4, 0.5) is 0 Å². The summed E-state index contributed by atoms with van der Waals surface area (Å²) < 4.78 is 0. The summed E-state index contributed by atoms with van der Waals surface area (Å²) >= 11 is 1.67. The van der Waals surface area contributed by atoms with E-state index in [9.17, 15) is 19.8 Å². The Kier molecular flexibility index (Phi) is 5.15. The first kappa shape index (κ1) is 22.8. The minimum absolute atomic E-state index is 0.0113. The molecular weight excluding hydrogens is 450 g/mol. The maximum atomic E-state index is 13.5. The van der Waals surface area contributed by atoms with E-state index in [0.29, 0.717) is 19.5 Å². The lowest BCUT2D eigenvalue weighted by molar-refractivity contribution is -0.254. The van der Waals surface area contributed by atoms with Gasteiger partial charge in [-0.2, -0.15) is 5.06 Å². The van der Waals surface area contributed by atoms with E-state index in [4.69, 9.17) is 4.84 Å². The zero-order valence-corrected chi connectivity index (χ0v) is 20.6. The van der Waals surface area contributed by atoms with Crippen molar-refractivity contribution in [3.8, 4) is 0 Å². The number of nitrogens with zero attached hydrogens (tertiary/aromatic N) is 1. The second-order valence-electron chi connectivity index (χ2n) is 11.5. The zero-order valence-electron chi connectivity index (χ0n) is 19.8. The van der Waals surface area contributed by atoms with Gasteiger partial charge >= 0.3 is 0 Å². The molecule has 2 heterocycles. The van der Waals surface area contributed by atoms with Crippen molar-refractivity contribution < 1.29 is 24.6 Å². The van der Waals surface area contributed by atoms with Crippen LogP contribution in [0.3, 0.4) is 0 Å². The Morgan fingerprint density at radius 3 is 2.91 bits per heavy atom. The second-order valence-corrected chi connectivity index (χ2v) is 12.5. The van der Waals surface area contributed by atoms with Crippen molar-refractivity contribution in [2.45, 2.75) is 57.8 Å². The first-order valence-corrected chi connectivity index (χ1v) is 13.3. The molecule has 6 nitrogen and oxygen atoms in total. The van der Waals surface area contributed by atoms with Crippen molar-refractivity contribution in [2.75, 3.05) is 13.2 Å². The highest BCUT2D eigenvalue weighted by molar-refractivity contribution is 7.09. The van der Waals surface area contributed by atoms with E-state index in [1.54, 1.807) is 23.5 Å². The van der Waals surface area contributed by atoms with Crippen molar-refractivity contribution >= 4 is 22.9 Å². The maximum absolute atomic E-state index is 13.5. The summed E-state index contributed by atoms with van der Waals surface area (Å²) in [6.07, 6.45) is 7.86. The lowest BCUT2D eigenvalue weighted by Gasteiger charge is -2.59. The molecule has 2 N–H and O–H groups in total. The molecule has 182 valence electrons. The molecule has 0 radical (unpaired) electrons. The van der Waals surface area contributed by atoms with Gasteiger partial charge in [-0.25, -0.2) is 0 Å². The summed E-state index contributed by atoms with van der Waals surface area (Å²) in [6, 6.07) is 4.08. The van der Waals surface area contributed by atoms with Crippen LogP contribution < -0.4 is 0 Å². The van der Waals surface area contributed by atoms with Crippen LogP contribution in [0.5, 0.6) is 0 Å². The van der Waals surface area contributed by atoms with Crippen LogP contribution in [0.2, 0.25) is 0 Å². The van der Waals surface area contributed by atoms with Gasteiger partial charge < -0.3 is 10.2 Å². The minimum Gasteiger partial charge on any atom is -0.393 e. The van der Waals surface area contributed by atoms with Crippen molar-refractivity contribution in [3.63, 3.8) is 0 Å². The number of rotatable bonds is 4. The molecule has 1 aromatic rings. The number of carbonyl (C=O) groups is 2. The summed E-state index contributed by atoms with van der Waals surface area (Å²) in [5.41, 5.74) is -0.879. The third kappa shape index (κ3) is 2.88. The molecule has 1 aromatic heterocycles. The second kappa shape index (κ2) is 7.68. The van der Waals surface area contributed by atoms with Gasteiger partial charge in [0.05, 0.1) is 12.6 Å². The fourth-order valence-electron chi connectivity index (χ4n) is 8.73. The molecule has 5 aliphatic rings. The molecule has 6 rings (SSSR count). The van der Waals surface area contributed by atoms with Crippen molar-refractivity contribution in [3.05, 3.63) is 46.2 Å². The number of ketones is 2. The number of hydroxylamine groups is 2. The van der Waals surface area contributed by atoms with Crippen LogP contribution in [-0.2, 0) is 21.0 Å². The molecule has 34 heavy (non-hydrogen) atoms. The average Bonchev–Trinajstić information content (AvgIpc) is 3.49. The van der Waals surface area contributed by atoms with Gasteiger partial charge in [0.1, 0.15) is 6.61 Å². The fraction of sp³-hybridized carbons (Fsp3) is 0.630. The predicted molar refractivity (Wildman–Crippen MR) is 128 cm³/mol. The van der Waals surface area contributed by atoms with Crippen LogP contribution >= 0.6 is 11.3 Å². The molecule has 4 fully saturated rings. The largest absolute Gasteiger partial charge is 0.393 e. The van der Waals surface area contributed by atoms with Crippen LogP contribution in [0.1, 0.15) is 44.4 Å². The lowest BCUT2D eigenvalue weighted by atomic mass is 9.46. The van der Waals surface area contributed by atoms with Gasteiger partial charge in [0, 0.05) is 34.1 Å². The Bertz CT molecular complexity index is 1080. The van der Waals surface area contributed by atoms with Crippen molar-refractivity contribution in [1.29, 1.82) is 0 Å². The first-order chi connectivity index (χ1) is 16.2. The summed E-state index contributed by atoms with van der Waals surface area (Å²) in [7, 11) is 0. The summed E-state index contributed by atoms with van der Waals surface area (Å²) in [4.78, 5) is 33.3. The highest BCUT2D eigenvalue weighted by Crippen LogP contribution is 2.70. The Labute approximate surface area is 204 Å². The third-order valence-corrected chi connectivity index (χ3v) is 10.9. The number of thiophene rings is 1. The normalized spacial score (nSPS) is 45.4. The fourth-order valence-corrected chi connectivity index (χ4v) is 9.44. The number of Topliss-reactive ketones (excluding diaryl/α,β-unsaturated/α-hetero) is 1. The monoisotopic (exact) mass is 483 g/mol. The number of fused-ring (bicyclic) bond motifs is 7. The van der Waals surface area contributed by atoms with Gasteiger partial charge in [0.25, 0.3) is 0 Å². The van der Waals surface area contributed by atoms with Crippen LogP contribution in [0.15, 0.2) is 41.3 Å². The molecule has 1 aliphatic heterocycles. The molecule has 7 heteroatoms. The van der Waals surface area contributed by atoms with E-state index in [2.05, 4.69) is 19.9 Å². The van der Waals surface area contributed by atoms with Crippen molar-refractivity contribution in [1.82, 2.24) is 5.06 Å². The Balaban J connectivity index is 1.37. The van der Waals surface area contributed by atoms with Gasteiger partial charge in [-0.1, -0.05) is 31.6 Å². The number of hydrogen-bond acceptors (Lipinski definition) is 7. The van der Waals surface area contributed by atoms with Gasteiger partial charge in [-0.05, 0) is 61.1 Å². The van der Waals surface area contributed by atoms with Gasteiger partial charge in [-0.3, -0.25) is 14.4 Å². The summed E-state index contributed by atoms with van der Waals surface area (Å²) in [6.45, 7) is 5.00. The minimum atomic E-state index is -1.11. The molecule has 0 bridgehead atoms. The lowest BCUT2D eigenvalue weighted by Crippen LogP contribution is -2.63. The van der Waals surface area contributed by atoms with Crippen LogP contribution in [0, 0.1) is 34.5 Å². The van der Waals surface area contributed by atoms with Gasteiger partial charge in [0.2, 0.25) is 0 Å². The molecule has 0 amide bonds. The first-order valence-electron chi connectivity index (χ1n) is 12.5. The van der Waals surface area contributed by atoms with E-state index in [0.717, 1.165) is 24.8 Å². The molecular formula is C27H33NO5S. The van der Waals surface area contributed by atoms with Crippen molar-refractivity contribution in [2.24, 2.45) is 34.5 Å². The molecule has 3 saturated carbocycles. The zero-order chi connectivity index (χ0) is 23.9. The van der Waals surface area contributed by atoms with E-state index in [1.165, 1.54) is 4.88 Å². The molecule has 8 atom stereocenters. The van der Waals surface area contributed by atoms with E-state index in [1.807, 2.05) is 22.6 Å². The summed E-state index contributed by atoms with van der Waals surface area (Å²) in [5, 5.41) is 25.7. The number of aliphatic hydroxyl groups is 2. The highest BCUT2D eigenvalue weighted by atomic mass is 32.1. The predicted octanol–water partition coefficient (Wildman–Crippen LogP) is 3.30. The molecule has 1 saturated heterocycles. The number of aliphatic hydroxyl groups excluding tert-OH is 2. The molecule has 4 aliphatic carbocycles. The standard InChI is InChI=1S/C27H33NO5S/c1-25-8-7-18(30)10-16(25)5-6-20-21-11-17-13-28(14-19-4-3-9-34-19)33-27(17,23(32)15-29)26(21,2)12-22(31)24(20)25/h3-4,7-10,17,20-22,24,29,31H,5-6,11-15H2,1-2H3/t17-,20-,21-,22-,24?,25-,26-,27-/m0/s1. The van der Waals surface area contributed by atoms with Crippen LogP contribution in [0.25, 0.3) is 0 Å². The maximum Gasteiger partial charge on any atom is 0.192 e. The number of hydrogen-bond donors (Lipinski definition) is 2. The van der Waals surface area contributed by atoms with E-state index >= 15 is 0 Å². The van der Waals surface area contributed by atoms with Gasteiger partial charge in [-0.15, -0.1) is 11.3 Å². The molecule has 1 unspecified atom stereocenters. The third-order valence-electron chi connectivity index (χ3n) is 10.0. The number of allylic oxidation sites excluding steroid dienone is 4. The average molecular weight is 484 g/mol. The van der Waals surface area contributed by atoms with E-state index in [-0.39, 0.29) is 40.7 Å². The summed E-state index contributed by atoms with van der Waals surface area (Å²) in [5.74, 6) is 0.223. The molecule has 0 aromatic carbocycles. The SMILES string of the molecule is C[C@]12C=CC(=O)C=C1CC[C@@H]1C2[C@@H](O)C[C@@]2(C)[C@H]1C[C@H]1CN(Cc3cccs3)O[C@]12C(=O)CO.